The SMILES string of the molecule is CC(C)C[C@@H]1NC(=O)[C@H](Cc2cnc[nH]2)NC(=O)[C@H](Cc2c[nH]c3ccccc23)NC(=O)[C@H](C)NC(=O)[C@@H](NC(=O)[C@H](CCC(=O)O)C(C)(C)C)CSSC[C@@H](C(=O)N[C@H](C(=O)O)[C@@H](C)O)NC(=O)[C@H](Cc2c[nH]c3ccccc23)NC(=O)[C@H](C(C)C)NC(=O)[C@H](CC(C)C)NC(=O)[C@H](CCC(=O)O)NC(=O)CNC1=O. The van der Waals surface area contributed by atoms with E-state index in [1.807, 2.05) is 0 Å². The number of aliphatic hydroxyl groups excluding tert-OH is 1. The Balaban J connectivity index is 1.46. The molecule has 13 atom stereocenters. The highest BCUT2D eigenvalue weighted by atomic mass is 33.1. The molecule has 4 heterocycles. The Morgan fingerprint density at radius 1 is 0.559 bits per heavy atom. The number of amides is 12. The van der Waals surface area contributed by atoms with Gasteiger partial charge in [0.1, 0.15) is 60.4 Å². The van der Waals surface area contributed by atoms with Gasteiger partial charge >= 0.3 is 17.9 Å². The quantitative estimate of drug-likeness (QED) is 0.0403. The summed E-state index contributed by atoms with van der Waals surface area (Å²) in [6.45, 7) is 16.7. The number of fused-ring (bicyclic) bond motifs is 2. The van der Waals surface area contributed by atoms with E-state index in [0.29, 0.717) is 38.6 Å². The third-order valence-corrected chi connectivity index (χ3v) is 20.8. The zero-order chi connectivity index (χ0) is 82.1. The van der Waals surface area contributed by atoms with E-state index >= 15 is 9.59 Å². The van der Waals surface area contributed by atoms with Crippen LogP contribution in [0.1, 0.15) is 132 Å². The number of para-hydroxylation sites is 2. The van der Waals surface area contributed by atoms with Crippen LogP contribution in [0.2, 0.25) is 0 Å². The summed E-state index contributed by atoms with van der Waals surface area (Å²) in [5.41, 5.74) is 1.71. The third-order valence-electron chi connectivity index (χ3n) is 18.4. The molecule has 0 aliphatic carbocycles. The van der Waals surface area contributed by atoms with Gasteiger partial charge in [-0.25, -0.2) is 9.78 Å². The molecular weight excluding hydrogens is 1480 g/mol. The van der Waals surface area contributed by atoms with Crippen molar-refractivity contribution in [1.29, 1.82) is 0 Å². The largest absolute Gasteiger partial charge is 0.481 e. The number of benzene rings is 2. The second-order valence-electron chi connectivity index (χ2n) is 29.8. The maximum Gasteiger partial charge on any atom is 0.328 e. The van der Waals surface area contributed by atoms with Gasteiger partial charge in [-0.2, -0.15) is 0 Å². The number of carbonyl (C=O) groups is 15. The maximum atomic E-state index is 15.1. The van der Waals surface area contributed by atoms with Gasteiger partial charge in [-0.15, -0.1) is 0 Å². The summed E-state index contributed by atoms with van der Waals surface area (Å²) in [5.74, 6) is -19.1. The molecule has 3 aromatic heterocycles. The zero-order valence-corrected chi connectivity index (χ0v) is 65.5. The molecule has 1 saturated heterocycles. The second-order valence-corrected chi connectivity index (χ2v) is 32.4. The summed E-state index contributed by atoms with van der Waals surface area (Å²) >= 11 is 0. The number of rotatable bonds is 23. The van der Waals surface area contributed by atoms with Gasteiger partial charge in [0.25, 0.3) is 0 Å². The minimum Gasteiger partial charge on any atom is -0.481 e. The van der Waals surface area contributed by atoms with Crippen LogP contribution in [0.25, 0.3) is 21.8 Å². The number of hydrogen-bond donors (Lipinski definition) is 19. The minimum atomic E-state index is -1.94. The Bertz CT molecular complexity index is 4120. The predicted molar refractivity (Wildman–Crippen MR) is 411 cm³/mol. The van der Waals surface area contributed by atoms with E-state index in [-0.39, 0.29) is 50.4 Å². The van der Waals surface area contributed by atoms with Crippen molar-refractivity contribution in [3.8, 4) is 0 Å². The molecule has 19 N–H and O–H groups in total. The minimum absolute atomic E-state index is 0.0405. The normalized spacial score (nSPS) is 23.0. The van der Waals surface area contributed by atoms with Crippen LogP contribution in [0.5, 0.6) is 0 Å². The van der Waals surface area contributed by atoms with E-state index < -0.39 is 216 Å². The van der Waals surface area contributed by atoms with Crippen LogP contribution in [0, 0.1) is 29.1 Å². The number of carboxylic acids is 3. The van der Waals surface area contributed by atoms with E-state index in [0.717, 1.165) is 28.5 Å². The number of nitrogens with zero attached hydrogens (tertiary/aromatic N) is 1. The van der Waals surface area contributed by atoms with Crippen molar-refractivity contribution < 1.29 is 92.3 Å². The number of imidazole rings is 1. The highest BCUT2D eigenvalue weighted by molar-refractivity contribution is 8.76. The van der Waals surface area contributed by atoms with E-state index in [9.17, 15) is 82.8 Å². The highest BCUT2D eigenvalue weighted by Gasteiger charge is 2.40. The van der Waals surface area contributed by atoms with Gasteiger partial charge in [-0.05, 0) is 86.0 Å². The number of aliphatic carboxylic acids is 3. The number of H-pyrrole nitrogens is 3. The summed E-state index contributed by atoms with van der Waals surface area (Å²) in [5, 5.41) is 72.5. The molecule has 12 amide bonds. The first-order valence-electron chi connectivity index (χ1n) is 36.6. The van der Waals surface area contributed by atoms with Crippen LogP contribution in [0.15, 0.2) is 73.4 Å². The summed E-state index contributed by atoms with van der Waals surface area (Å²) in [4.78, 5) is 225. The number of carbonyl (C=O) groups excluding carboxylic acids is 12. The molecule has 606 valence electrons. The Morgan fingerprint density at radius 2 is 1.05 bits per heavy atom. The predicted octanol–water partition coefficient (Wildman–Crippen LogP) is 0.870. The van der Waals surface area contributed by atoms with E-state index in [1.54, 1.807) is 123 Å². The monoisotopic (exact) mass is 1580 g/mol. The van der Waals surface area contributed by atoms with Crippen LogP contribution in [0.3, 0.4) is 0 Å². The van der Waals surface area contributed by atoms with Crippen LogP contribution in [0.4, 0.5) is 0 Å². The Hall–Kier alpha value is -10.6. The Labute approximate surface area is 649 Å². The number of carboxylic acid groups (broad SMARTS) is 3. The number of aromatic amines is 3. The molecule has 2 aromatic carbocycles. The molecule has 1 fully saturated rings. The van der Waals surface area contributed by atoms with Crippen molar-refractivity contribution in [2.75, 3.05) is 18.1 Å². The third kappa shape index (κ3) is 27.8. The van der Waals surface area contributed by atoms with Crippen LogP contribution < -0.4 is 63.8 Å². The molecule has 37 heteroatoms. The van der Waals surface area contributed by atoms with E-state index in [4.69, 9.17) is 0 Å². The number of hydrogen-bond acceptors (Lipinski definition) is 19. The fourth-order valence-corrected chi connectivity index (χ4v) is 14.6. The summed E-state index contributed by atoms with van der Waals surface area (Å²) in [7, 11) is 1.68. The van der Waals surface area contributed by atoms with Gasteiger partial charge in [0.15, 0.2) is 6.04 Å². The first-order valence-corrected chi connectivity index (χ1v) is 39.1. The molecule has 1 aliphatic heterocycles. The Morgan fingerprint density at radius 3 is 1.57 bits per heavy atom. The first-order chi connectivity index (χ1) is 52.3. The standard InChI is InChI=1S/C74H104N16O19S2/c1-36(2)24-50-64(99)78-32-57(92)81-49(21-23-59(95)96)65(100)84-51(25-37(3)4)69(104)89-60(38(5)6)72(107)86-53(27-42-30-77-48-19-15-13-17-45(42)48)67(102)88-56(71(106)90-61(40(8)91)73(108)109)34-111-110-33-55(87-63(98)46(74(9,10)11)20-22-58(93)94)70(105)80-39(7)62(97)82-52(26-41-29-76-47-18-14-12-16-44(41)47)66(101)85-54(68(103)83-50)28-43-31-75-35-79-43/h12-19,29-31,35-40,46,49-56,60-61,76-77,91H,20-28,32-34H2,1-11H3,(H,75,79)(H,78,99)(H,80,105)(H,81,92)(H,82,97)(H,83,103)(H,84,100)(H,85,101)(H,86,107)(H,87,98)(H,88,102)(H,89,104)(H,90,106)(H,93,94)(H,95,96)(H,108,109)/t39-,40+,46-,49-,50-,51-,52-,53-,54-,55-,56-,60-,61-/m0/s1. The maximum absolute atomic E-state index is 15.1. The van der Waals surface area contributed by atoms with Gasteiger partial charge in [0, 0.05) is 95.6 Å². The van der Waals surface area contributed by atoms with E-state index in [2.05, 4.69) is 83.7 Å². The average Bonchev–Trinajstić information content (AvgIpc) is 1.71. The summed E-state index contributed by atoms with van der Waals surface area (Å²) in [6.07, 6.45) is 1.45. The molecule has 0 spiro atoms. The lowest BCUT2D eigenvalue weighted by atomic mass is 9.77. The fraction of sp³-hybridized carbons (Fsp3) is 0.541. The molecule has 0 unspecified atom stereocenters. The van der Waals surface area contributed by atoms with Crippen LogP contribution >= 0.6 is 21.6 Å². The smallest absolute Gasteiger partial charge is 0.328 e. The Kier molecular flexibility index (Phi) is 33.8. The highest BCUT2D eigenvalue weighted by Crippen LogP contribution is 2.31. The van der Waals surface area contributed by atoms with Crippen molar-refractivity contribution in [1.82, 2.24) is 83.7 Å². The molecule has 111 heavy (non-hydrogen) atoms. The molecule has 1 aliphatic rings. The fourth-order valence-electron chi connectivity index (χ4n) is 12.3. The van der Waals surface area contributed by atoms with Crippen molar-refractivity contribution in [2.24, 2.45) is 29.1 Å². The van der Waals surface area contributed by atoms with E-state index in [1.165, 1.54) is 19.4 Å². The first kappa shape index (κ1) is 89.3. The lowest BCUT2D eigenvalue weighted by Crippen LogP contribution is -2.61. The molecule has 0 radical (unpaired) electrons. The molecule has 6 rings (SSSR count). The molecule has 0 bridgehead atoms. The van der Waals surface area contributed by atoms with Crippen molar-refractivity contribution in [3.63, 3.8) is 0 Å². The second kappa shape index (κ2) is 42.0. The van der Waals surface area contributed by atoms with Gasteiger partial charge in [0.2, 0.25) is 70.9 Å². The van der Waals surface area contributed by atoms with Crippen LogP contribution in [-0.2, 0) is 91.2 Å². The van der Waals surface area contributed by atoms with Gasteiger partial charge in [-0.3, -0.25) is 67.1 Å². The summed E-state index contributed by atoms with van der Waals surface area (Å²) in [6, 6.07) is -3.53. The molecule has 0 saturated carbocycles. The lowest BCUT2D eigenvalue weighted by molar-refractivity contribution is -0.145. The van der Waals surface area contributed by atoms with Crippen molar-refractivity contribution >= 4 is 132 Å². The number of aromatic nitrogens is 4. The lowest BCUT2D eigenvalue weighted by Gasteiger charge is -2.31. The van der Waals surface area contributed by atoms with Gasteiger partial charge in [-0.1, -0.05) is 120 Å². The summed E-state index contributed by atoms with van der Waals surface area (Å²) < 4.78 is 0. The van der Waals surface area contributed by atoms with Crippen molar-refractivity contribution in [3.05, 3.63) is 90.3 Å². The molecule has 5 aromatic rings. The van der Waals surface area contributed by atoms with Gasteiger partial charge < -0.3 is 99.2 Å². The topological polar surface area (TPSA) is 542 Å². The average molecular weight is 1590 g/mol. The molecular formula is C74H104N16O19S2. The molecule has 35 nitrogen and oxygen atoms in total. The van der Waals surface area contributed by atoms with Gasteiger partial charge in [0.05, 0.1) is 19.0 Å². The van der Waals surface area contributed by atoms with Crippen molar-refractivity contribution in [2.45, 2.75) is 207 Å². The zero-order valence-electron chi connectivity index (χ0n) is 63.8. The number of aliphatic hydroxyl groups is 1. The van der Waals surface area contributed by atoms with Crippen LogP contribution in [-0.4, -0.2) is 220 Å². The number of nitrogens with one attached hydrogen (secondary N) is 15.